The molecule has 0 fully saturated rings. The Morgan fingerprint density at radius 3 is 2.35 bits per heavy atom. The zero-order valence-corrected chi connectivity index (χ0v) is 9.79. The first-order valence-electron chi connectivity index (χ1n) is 5.40. The molecule has 0 heterocycles. The van der Waals surface area contributed by atoms with Gasteiger partial charge in [-0.3, -0.25) is 0 Å². The van der Waals surface area contributed by atoms with Gasteiger partial charge in [0.25, 0.3) is 0 Å². The third-order valence-corrected chi connectivity index (χ3v) is 2.27. The highest BCUT2D eigenvalue weighted by Gasteiger charge is 2.32. The summed E-state index contributed by atoms with van der Waals surface area (Å²) in [5, 5.41) is 0. The number of hydrogen-bond donors (Lipinski definition) is 1. The van der Waals surface area contributed by atoms with Crippen LogP contribution < -0.4 is 10.5 Å². The molecular weight excluding hydrogens is 231 g/mol. The summed E-state index contributed by atoms with van der Waals surface area (Å²) in [6.07, 6.45) is -4.08. The van der Waals surface area contributed by atoms with Crippen molar-refractivity contribution >= 4 is 0 Å². The minimum absolute atomic E-state index is 0.215. The van der Waals surface area contributed by atoms with Crippen LogP contribution in [0.4, 0.5) is 13.2 Å². The van der Waals surface area contributed by atoms with Gasteiger partial charge in [0.05, 0.1) is 0 Å². The van der Waals surface area contributed by atoms with Gasteiger partial charge in [-0.2, -0.15) is 0 Å². The number of alkyl halides is 3. The maximum absolute atomic E-state index is 12.2. The second-order valence-corrected chi connectivity index (χ2v) is 4.32. The smallest absolute Gasteiger partial charge is 0.405 e. The molecule has 0 bridgehead atoms. The Bertz CT molecular complexity index is 363. The Balaban J connectivity index is 2.91. The number of halogens is 3. The molecule has 0 amide bonds. The number of ether oxygens (including phenoxy) is 1. The van der Waals surface area contributed by atoms with Gasteiger partial charge in [-0.25, -0.2) is 0 Å². The molecule has 1 rings (SSSR count). The van der Waals surface area contributed by atoms with Crippen LogP contribution in [0.1, 0.15) is 31.9 Å². The van der Waals surface area contributed by atoms with Gasteiger partial charge >= 0.3 is 6.36 Å². The third kappa shape index (κ3) is 4.65. The number of rotatable bonds is 4. The topological polar surface area (TPSA) is 35.2 Å². The Hall–Kier alpha value is -1.23. The van der Waals surface area contributed by atoms with E-state index in [4.69, 9.17) is 5.73 Å². The molecule has 0 aliphatic heterocycles. The fourth-order valence-electron chi connectivity index (χ4n) is 1.64. The number of benzene rings is 1. The molecule has 0 saturated carbocycles. The SMILES string of the molecule is CC(C)C[C@@H](N)c1ccccc1OC(F)(F)F. The first-order chi connectivity index (χ1) is 7.79. The molecule has 2 nitrogen and oxygen atoms in total. The van der Waals surface area contributed by atoms with Crippen LogP contribution in [0.2, 0.25) is 0 Å². The van der Waals surface area contributed by atoms with E-state index in [0.29, 0.717) is 17.9 Å². The minimum Gasteiger partial charge on any atom is -0.405 e. The average Bonchev–Trinajstić information content (AvgIpc) is 2.14. The average molecular weight is 247 g/mol. The molecule has 1 aromatic rings. The minimum atomic E-state index is -4.69. The summed E-state index contributed by atoms with van der Waals surface area (Å²) in [6.45, 7) is 3.93. The predicted octanol–water partition coefficient (Wildman–Crippen LogP) is 3.63. The first kappa shape index (κ1) is 13.8. The van der Waals surface area contributed by atoms with Gasteiger partial charge in [0.1, 0.15) is 5.75 Å². The van der Waals surface area contributed by atoms with Crippen LogP contribution in [0.15, 0.2) is 24.3 Å². The zero-order valence-electron chi connectivity index (χ0n) is 9.79. The van der Waals surface area contributed by atoms with Crippen molar-refractivity contribution in [3.63, 3.8) is 0 Å². The summed E-state index contributed by atoms with van der Waals surface area (Å²) < 4.78 is 40.5. The standard InChI is InChI=1S/C12H16F3NO/c1-8(2)7-10(16)9-5-3-4-6-11(9)17-12(13,14)15/h3-6,8,10H,7,16H2,1-2H3/t10-/m1/s1. The molecule has 0 radical (unpaired) electrons. The van der Waals surface area contributed by atoms with Crippen molar-refractivity contribution in [2.24, 2.45) is 11.7 Å². The molecule has 1 atom stereocenters. The highest BCUT2D eigenvalue weighted by atomic mass is 19.4. The van der Waals surface area contributed by atoms with Crippen molar-refractivity contribution in [3.8, 4) is 5.75 Å². The number of nitrogens with two attached hydrogens (primary N) is 1. The molecule has 5 heteroatoms. The fraction of sp³-hybridized carbons (Fsp3) is 0.500. The molecule has 2 N–H and O–H groups in total. The third-order valence-electron chi connectivity index (χ3n) is 2.27. The molecule has 0 aromatic heterocycles. The van der Waals surface area contributed by atoms with Crippen LogP contribution in [0.25, 0.3) is 0 Å². The Kier molecular flexibility index (Phi) is 4.40. The summed E-state index contributed by atoms with van der Waals surface area (Å²) in [5.74, 6) is 0.0945. The van der Waals surface area contributed by atoms with Crippen LogP contribution in [0, 0.1) is 5.92 Å². The van der Waals surface area contributed by atoms with Gasteiger partial charge in [-0.15, -0.1) is 13.2 Å². The van der Waals surface area contributed by atoms with Crippen LogP contribution in [-0.4, -0.2) is 6.36 Å². The van der Waals surface area contributed by atoms with Gasteiger partial charge < -0.3 is 10.5 Å². The van der Waals surface area contributed by atoms with E-state index in [1.54, 1.807) is 12.1 Å². The van der Waals surface area contributed by atoms with Crippen LogP contribution in [0.3, 0.4) is 0 Å². The van der Waals surface area contributed by atoms with Crippen LogP contribution in [-0.2, 0) is 0 Å². The highest BCUT2D eigenvalue weighted by Crippen LogP contribution is 2.31. The Morgan fingerprint density at radius 1 is 1.24 bits per heavy atom. The molecule has 96 valence electrons. The molecule has 0 spiro atoms. The van der Waals surface area contributed by atoms with Crippen molar-refractivity contribution in [1.82, 2.24) is 0 Å². The Morgan fingerprint density at radius 2 is 1.82 bits per heavy atom. The maximum Gasteiger partial charge on any atom is 0.573 e. The molecule has 17 heavy (non-hydrogen) atoms. The molecule has 0 saturated heterocycles. The van der Waals surface area contributed by atoms with E-state index >= 15 is 0 Å². The fourth-order valence-corrected chi connectivity index (χ4v) is 1.64. The Labute approximate surface area is 98.6 Å². The molecule has 1 aromatic carbocycles. The van der Waals surface area contributed by atoms with Crippen molar-refractivity contribution in [2.75, 3.05) is 0 Å². The van der Waals surface area contributed by atoms with Gasteiger partial charge in [-0.05, 0) is 18.4 Å². The second kappa shape index (κ2) is 5.40. The van der Waals surface area contributed by atoms with Crippen molar-refractivity contribution in [2.45, 2.75) is 32.7 Å². The molecule has 0 aliphatic carbocycles. The summed E-state index contributed by atoms with van der Waals surface area (Å²) in [5.41, 5.74) is 6.26. The normalized spacial score (nSPS) is 13.8. The first-order valence-corrected chi connectivity index (χ1v) is 5.40. The second-order valence-electron chi connectivity index (χ2n) is 4.32. The van der Waals surface area contributed by atoms with E-state index in [1.165, 1.54) is 12.1 Å². The van der Waals surface area contributed by atoms with E-state index < -0.39 is 12.4 Å². The lowest BCUT2D eigenvalue weighted by molar-refractivity contribution is -0.275. The van der Waals surface area contributed by atoms with Gasteiger partial charge in [0, 0.05) is 11.6 Å². The highest BCUT2D eigenvalue weighted by molar-refractivity contribution is 5.35. The van der Waals surface area contributed by atoms with Crippen LogP contribution >= 0.6 is 0 Å². The lowest BCUT2D eigenvalue weighted by Crippen LogP contribution is -2.20. The van der Waals surface area contributed by atoms with E-state index in [2.05, 4.69) is 4.74 Å². The van der Waals surface area contributed by atoms with Crippen LogP contribution in [0.5, 0.6) is 5.75 Å². The van der Waals surface area contributed by atoms with Gasteiger partial charge in [-0.1, -0.05) is 32.0 Å². The number of hydrogen-bond acceptors (Lipinski definition) is 2. The summed E-state index contributed by atoms with van der Waals surface area (Å²) in [4.78, 5) is 0. The van der Waals surface area contributed by atoms with Crippen molar-refractivity contribution in [3.05, 3.63) is 29.8 Å². The quantitative estimate of drug-likeness (QED) is 0.881. The largest absolute Gasteiger partial charge is 0.573 e. The molecular formula is C12H16F3NO. The lowest BCUT2D eigenvalue weighted by Gasteiger charge is -2.19. The van der Waals surface area contributed by atoms with Crippen molar-refractivity contribution in [1.29, 1.82) is 0 Å². The number of para-hydroxylation sites is 1. The zero-order chi connectivity index (χ0) is 13.1. The molecule has 0 aliphatic rings. The van der Waals surface area contributed by atoms with Gasteiger partial charge in [0.2, 0.25) is 0 Å². The lowest BCUT2D eigenvalue weighted by atomic mass is 9.97. The van der Waals surface area contributed by atoms with E-state index in [1.807, 2.05) is 13.8 Å². The van der Waals surface area contributed by atoms with E-state index in [0.717, 1.165) is 0 Å². The predicted molar refractivity (Wildman–Crippen MR) is 59.5 cm³/mol. The summed E-state index contributed by atoms with van der Waals surface area (Å²) >= 11 is 0. The van der Waals surface area contributed by atoms with Crippen molar-refractivity contribution < 1.29 is 17.9 Å². The van der Waals surface area contributed by atoms with E-state index in [-0.39, 0.29) is 5.75 Å². The maximum atomic E-state index is 12.2. The summed E-state index contributed by atoms with van der Waals surface area (Å²) in [7, 11) is 0. The summed E-state index contributed by atoms with van der Waals surface area (Å²) in [6, 6.07) is 5.54. The monoisotopic (exact) mass is 247 g/mol. The molecule has 0 unspecified atom stereocenters. The van der Waals surface area contributed by atoms with E-state index in [9.17, 15) is 13.2 Å². The van der Waals surface area contributed by atoms with Gasteiger partial charge in [0.15, 0.2) is 0 Å².